The van der Waals surface area contributed by atoms with Crippen LogP contribution in [0.15, 0.2) is 0 Å². The van der Waals surface area contributed by atoms with Crippen molar-refractivity contribution in [2.45, 2.75) is 64.6 Å². The molecule has 0 saturated carbocycles. The van der Waals surface area contributed by atoms with E-state index in [0.29, 0.717) is 5.92 Å². The van der Waals surface area contributed by atoms with E-state index < -0.39 is 0 Å². The predicted octanol–water partition coefficient (Wildman–Crippen LogP) is 3.48. The molecular formula is C15H28O2S. The van der Waals surface area contributed by atoms with Crippen LogP contribution in [0.5, 0.6) is 0 Å². The third-order valence-electron chi connectivity index (χ3n) is 4.56. The van der Waals surface area contributed by atoms with Crippen LogP contribution in [0.3, 0.4) is 0 Å². The van der Waals surface area contributed by atoms with Crippen LogP contribution in [-0.2, 0) is 4.74 Å². The van der Waals surface area contributed by atoms with E-state index in [-0.39, 0.29) is 17.1 Å². The van der Waals surface area contributed by atoms with Gasteiger partial charge in [-0.05, 0) is 54.9 Å². The van der Waals surface area contributed by atoms with Crippen LogP contribution >= 0.6 is 11.8 Å². The minimum absolute atomic E-state index is 0.00782. The summed E-state index contributed by atoms with van der Waals surface area (Å²) in [6, 6.07) is 0. The highest BCUT2D eigenvalue weighted by atomic mass is 32.2. The molecule has 0 amide bonds. The van der Waals surface area contributed by atoms with Crippen molar-refractivity contribution in [3.8, 4) is 0 Å². The number of aliphatic hydroxyl groups excluding tert-OH is 1. The van der Waals surface area contributed by atoms with Gasteiger partial charge in [-0.15, -0.1) is 0 Å². The maximum absolute atomic E-state index is 10.3. The minimum Gasteiger partial charge on any atom is -0.393 e. The van der Waals surface area contributed by atoms with Crippen molar-refractivity contribution in [3.05, 3.63) is 0 Å². The molecule has 1 N–H and O–H groups in total. The lowest BCUT2D eigenvalue weighted by Gasteiger charge is -2.44. The summed E-state index contributed by atoms with van der Waals surface area (Å²) < 4.78 is 6.11. The second-order valence-corrected chi connectivity index (χ2v) is 8.34. The smallest absolute Gasteiger partial charge is 0.0701 e. The van der Waals surface area contributed by atoms with Crippen LogP contribution in [-0.4, -0.2) is 34.9 Å². The summed E-state index contributed by atoms with van der Waals surface area (Å²) in [6.45, 7) is 7.28. The molecule has 2 atom stereocenters. The topological polar surface area (TPSA) is 29.5 Å². The maximum atomic E-state index is 10.3. The van der Waals surface area contributed by atoms with E-state index in [4.69, 9.17) is 4.74 Å². The Bertz CT molecular complexity index is 261. The molecule has 2 aliphatic heterocycles. The van der Waals surface area contributed by atoms with Gasteiger partial charge in [0, 0.05) is 6.61 Å². The molecule has 0 aromatic rings. The van der Waals surface area contributed by atoms with Gasteiger partial charge in [0.15, 0.2) is 0 Å². The first-order valence-electron chi connectivity index (χ1n) is 7.31. The van der Waals surface area contributed by atoms with Crippen LogP contribution in [0.1, 0.15) is 52.9 Å². The lowest BCUT2D eigenvalue weighted by atomic mass is 9.76. The Morgan fingerprint density at radius 3 is 2.61 bits per heavy atom. The normalized spacial score (nSPS) is 30.3. The zero-order valence-electron chi connectivity index (χ0n) is 12.1. The third kappa shape index (κ3) is 3.64. The van der Waals surface area contributed by atoms with Gasteiger partial charge in [0.1, 0.15) is 0 Å². The molecule has 2 aliphatic rings. The second kappa shape index (κ2) is 5.72. The fourth-order valence-corrected chi connectivity index (χ4v) is 4.33. The number of rotatable bonds is 2. The third-order valence-corrected chi connectivity index (χ3v) is 5.54. The fourth-order valence-electron chi connectivity index (χ4n) is 3.09. The van der Waals surface area contributed by atoms with E-state index in [1.54, 1.807) is 0 Å². The molecule has 0 aromatic heterocycles. The Labute approximate surface area is 116 Å². The lowest BCUT2D eigenvalue weighted by Crippen LogP contribution is -2.44. The summed E-state index contributed by atoms with van der Waals surface area (Å²) in [4.78, 5) is 0. The fraction of sp³-hybridized carbons (Fsp3) is 1.00. The van der Waals surface area contributed by atoms with E-state index >= 15 is 0 Å². The van der Waals surface area contributed by atoms with Crippen LogP contribution in [0.25, 0.3) is 0 Å². The zero-order valence-corrected chi connectivity index (χ0v) is 12.9. The molecule has 3 heteroatoms. The number of hydrogen-bond acceptors (Lipinski definition) is 3. The molecular weight excluding hydrogens is 244 g/mol. The highest BCUT2D eigenvalue weighted by Crippen LogP contribution is 2.41. The van der Waals surface area contributed by atoms with Crippen LogP contribution in [0.4, 0.5) is 0 Å². The van der Waals surface area contributed by atoms with Gasteiger partial charge in [0.2, 0.25) is 0 Å². The van der Waals surface area contributed by atoms with Gasteiger partial charge in [-0.25, -0.2) is 0 Å². The van der Waals surface area contributed by atoms with E-state index in [0.717, 1.165) is 19.4 Å². The first-order valence-corrected chi connectivity index (χ1v) is 8.47. The number of hydrogen-bond donors (Lipinski definition) is 1. The summed E-state index contributed by atoms with van der Waals surface area (Å²) in [6.07, 6.45) is 5.47. The van der Waals surface area contributed by atoms with Crippen LogP contribution in [0, 0.1) is 11.3 Å². The summed E-state index contributed by atoms with van der Waals surface area (Å²) in [5.74, 6) is 3.14. The molecule has 18 heavy (non-hydrogen) atoms. The van der Waals surface area contributed by atoms with Crippen molar-refractivity contribution in [2.75, 3.05) is 18.1 Å². The number of aliphatic hydroxyl groups is 1. The largest absolute Gasteiger partial charge is 0.393 e. The lowest BCUT2D eigenvalue weighted by molar-refractivity contribution is -0.110. The Morgan fingerprint density at radius 2 is 2.00 bits per heavy atom. The van der Waals surface area contributed by atoms with E-state index in [1.807, 2.05) is 0 Å². The van der Waals surface area contributed by atoms with Gasteiger partial charge in [-0.1, -0.05) is 20.8 Å². The quantitative estimate of drug-likeness (QED) is 0.834. The molecule has 2 rings (SSSR count). The Morgan fingerprint density at radius 1 is 1.33 bits per heavy atom. The Hall–Kier alpha value is 0.270. The van der Waals surface area contributed by atoms with Crippen molar-refractivity contribution in [1.29, 1.82) is 0 Å². The summed E-state index contributed by atoms with van der Waals surface area (Å²) in [7, 11) is 0. The van der Waals surface area contributed by atoms with Gasteiger partial charge in [0.25, 0.3) is 0 Å². The molecule has 2 saturated heterocycles. The molecule has 2 nitrogen and oxygen atoms in total. The van der Waals surface area contributed by atoms with E-state index in [2.05, 4.69) is 32.5 Å². The summed E-state index contributed by atoms with van der Waals surface area (Å²) >= 11 is 2.05. The van der Waals surface area contributed by atoms with Crippen molar-refractivity contribution in [3.63, 3.8) is 0 Å². The molecule has 2 unspecified atom stereocenters. The average Bonchev–Trinajstić information content (AvgIpc) is 2.28. The SMILES string of the molecule is CC(C)(C)C(O)CC1CCOC2(CCSCC2)C1. The predicted molar refractivity (Wildman–Crippen MR) is 78.0 cm³/mol. The highest BCUT2D eigenvalue weighted by Gasteiger charge is 2.39. The first kappa shape index (κ1) is 14.7. The van der Waals surface area contributed by atoms with Gasteiger partial charge < -0.3 is 9.84 Å². The van der Waals surface area contributed by atoms with Crippen LogP contribution in [0.2, 0.25) is 0 Å². The number of ether oxygens (including phenoxy) is 1. The molecule has 0 bridgehead atoms. The molecule has 2 fully saturated rings. The molecule has 0 aliphatic carbocycles. The van der Waals surface area contributed by atoms with Gasteiger partial charge in [0.05, 0.1) is 11.7 Å². The van der Waals surface area contributed by atoms with Crippen molar-refractivity contribution >= 4 is 11.8 Å². The summed E-state index contributed by atoms with van der Waals surface area (Å²) in [5.41, 5.74) is 0.166. The van der Waals surface area contributed by atoms with Gasteiger partial charge in [-0.2, -0.15) is 11.8 Å². The molecule has 0 radical (unpaired) electrons. The minimum atomic E-state index is -0.185. The molecule has 106 valence electrons. The molecule has 2 heterocycles. The van der Waals surface area contributed by atoms with E-state index in [1.165, 1.54) is 30.8 Å². The number of thioether (sulfide) groups is 1. The first-order chi connectivity index (χ1) is 8.41. The molecule has 0 aromatic carbocycles. The average molecular weight is 272 g/mol. The second-order valence-electron chi connectivity index (χ2n) is 7.12. The Balaban J connectivity index is 1.90. The molecule has 1 spiro atoms. The van der Waals surface area contributed by atoms with Crippen molar-refractivity contribution < 1.29 is 9.84 Å². The maximum Gasteiger partial charge on any atom is 0.0701 e. The van der Waals surface area contributed by atoms with Crippen molar-refractivity contribution in [2.24, 2.45) is 11.3 Å². The Kier molecular flexibility index (Phi) is 4.66. The monoisotopic (exact) mass is 272 g/mol. The summed E-state index contributed by atoms with van der Waals surface area (Å²) in [5, 5.41) is 10.3. The van der Waals surface area contributed by atoms with Crippen molar-refractivity contribution in [1.82, 2.24) is 0 Å². The van der Waals surface area contributed by atoms with Gasteiger partial charge in [-0.3, -0.25) is 0 Å². The van der Waals surface area contributed by atoms with Crippen LogP contribution < -0.4 is 0 Å². The van der Waals surface area contributed by atoms with Gasteiger partial charge >= 0.3 is 0 Å². The zero-order chi connectivity index (χ0) is 13.2. The van der Waals surface area contributed by atoms with E-state index in [9.17, 15) is 5.11 Å². The standard InChI is InChI=1S/C15H28O2S/c1-14(2,3)13(16)10-12-4-7-17-15(11-12)5-8-18-9-6-15/h12-13,16H,4-11H2,1-3H3. The highest BCUT2D eigenvalue weighted by molar-refractivity contribution is 7.99.